The molecule has 2 fully saturated rings. The SMILES string of the molecule is O=C(NC1COCC2(CCC2)N1)c1cccc2ocnc12. The van der Waals surface area contributed by atoms with Gasteiger partial charge in [-0.25, -0.2) is 4.98 Å². The highest BCUT2D eigenvalue weighted by Gasteiger charge is 2.41. The van der Waals surface area contributed by atoms with Crippen molar-refractivity contribution in [1.29, 1.82) is 0 Å². The van der Waals surface area contributed by atoms with Crippen LogP contribution in [0.1, 0.15) is 29.6 Å². The number of oxazole rings is 1. The zero-order chi connectivity index (χ0) is 14.3. The van der Waals surface area contributed by atoms with Crippen molar-refractivity contribution in [2.24, 2.45) is 0 Å². The van der Waals surface area contributed by atoms with E-state index in [1.54, 1.807) is 18.2 Å². The summed E-state index contributed by atoms with van der Waals surface area (Å²) in [5, 5.41) is 6.49. The van der Waals surface area contributed by atoms with Gasteiger partial charge < -0.3 is 14.5 Å². The minimum Gasteiger partial charge on any atom is -0.443 e. The molecule has 0 bridgehead atoms. The van der Waals surface area contributed by atoms with E-state index in [-0.39, 0.29) is 17.6 Å². The second-order valence-corrected chi connectivity index (χ2v) is 5.82. The maximum Gasteiger partial charge on any atom is 0.254 e. The summed E-state index contributed by atoms with van der Waals surface area (Å²) in [5.41, 5.74) is 1.79. The first-order valence-electron chi connectivity index (χ1n) is 7.24. The van der Waals surface area contributed by atoms with Gasteiger partial charge in [-0.2, -0.15) is 0 Å². The zero-order valence-corrected chi connectivity index (χ0v) is 11.6. The molecule has 1 saturated heterocycles. The van der Waals surface area contributed by atoms with Crippen LogP contribution >= 0.6 is 0 Å². The van der Waals surface area contributed by atoms with E-state index in [2.05, 4.69) is 15.6 Å². The molecule has 6 nitrogen and oxygen atoms in total. The third-order valence-corrected chi connectivity index (χ3v) is 4.36. The van der Waals surface area contributed by atoms with Crippen molar-refractivity contribution in [3.8, 4) is 0 Å². The third kappa shape index (κ3) is 2.20. The number of nitrogens with one attached hydrogen (secondary N) is 2. The molecule has 1 aliphatic heterocycles. The first-order valence-corrected chi connectivity index (χ1v) is 7.24. The lowest BCUT2D eigenvalue weighted by atomic mass is 9.76. The van der Waals surface area contributed by atoms with Crippen LogP contribution in [0.3, 0.4) is 0 Å². The number of nitrogens with zero attached hydrogens (tertiary/aromatic N) is 1. The van der Waals surface area contributed by atoms with Crippen LogP contribution in [0, 0.1) is 0 Å². The Labute approximate surface area is 121 Å². The van der Waals surface area contributed by atoms with Crippen LogP contribution in [0.2, 0.25) is 0 Å². The number of carbonyl (C=O) groups excluding carboxylic acids is 1. The normalized spacial score (nSPS) is 23.9. The molecule has 110 valence electrons. The van der Waals surface area contributed by atoms with Gasteiger partial charge in [0, 0.05) is 5.54 Å². The Morgan fingerprint density at radius 1 is 1.43 bits per heavy atom. The van der Waals surface area contributed by atoms with E-state index in [0.29, 0.717) is 23.3 Å². The van der Waals surface area contributed by atoms with Gasteiger partial charge in [0.15, 0.2) is 12.0 Å². The first-order chi connectivity index (χ1) is 10.3. The van der Waals surface area contributed by atoms with Crippen molar-refractivity contribution in [3.63, 3.8) is 0 Å². The summed E-state index contributed by atoms with van der Waals surface area (Å²) in [5.74, 6) is -0.160. The Balaban J connectivity index is 1.51. The summed E-state index contributed by atoms with van der Waals surface area (Å²) in [6.07, 6.45) is 4.63. The number of fused-ring (bicyclic) bond motifs is 1. The highest BCUT2D eigenvalue weighted by atomic mass is 16.5. The lowest BCUT2D eigenvalue weighted by molar-refractivity contribution is -0.0417. The molecule has 6 heteroatoms. The second kappa shape index (κ2) is 4.82. The molecule has 1 aromatic carbocycles. The number of ether oxygens (including phenoxy) is 1. The largest absolute Gasteiger partial charge is 0.443 e. The zero-order valence-electron chi connectivity index (χ0n) is 11.6. The minimum atomic E-state index is -0.160. The lowest BCUT2D eigenvalue weighted by Crippen LogP contribution is -2.66. The Morgan fingerprint density at radius 3 is 3.14 bits per heavy atom. The van der Waals surface area contributed by atoms with Crippen molar-refractivity contribution in [2.75, 3.05) is 13.2 Å². The highest BCUT2D eigenvalue weighted by molar-refractivity contribution is 6.04. The molecule has 2 aliphatic rings. The molecule has 1 aliphatic carbocycles. The predicted molar refractivity (Wildman–Crippen MR) is 75.8 cm³/mol. The van der Waals surface area contributed by atoms with Gasteiger partial charge in [0.2, 0.25) is 0 Å². The van der Waals surface area contributed by atoms with Crippen LogP contribution < -0.4 is 10.6 Å². The molecule has 0 radical (unpaired) electrons. The van der Waals surface area contributed by atoms with Crippen LogP contribution in [0.4, 0.5) is 0 Å². The van der Waals surface area contributed by atoms with E-state index < -0.39 is 0 Å². The van der Waals surface area contributed by atoms with E-state index in [9.17, 15) is 4.79 Å². The van der Waals surface area contributed by atoms with Gasteiger partial charge in [0.25, 0.3) is 5.91 Å². The lowest BCUT2D eigenvalue weighted by Gasteiger charge is -2.48. The predicted octanol–water partition coefficient (Wildman–Crippen LogP) is 1.43. The number of amides is 1. The number of benzene rings is 1. The fraction of sp³-hybridized carbons (Fsp3) is 0.467. The standard InChI is InChI=1S/C15H17N3O3/c19-14(10-3-1-4-11-13(10)16-9-21-11)17-12-7-20-8-15(18-12)5-2-6-15/h1,3-4,9,12,18H,2,5-8H2,(H,17,19). The van der Waals surface area contributed by atoms with Gasteiger partial charge in [-0.3, -0.25) is 10.1 Å². The molecule has 1 spiro atoms. The Bertz CT molecular complexity index is 678. The second-order valence-electron chi connectivity index (χ2n) is 5.82. The first kappa shape index (κ1) is 12.8. The smallest absolute Gasteiger partial charge is 0.254 e. The molecule has 21 heavy (non-hydrogen) atoms. The van der Waals surface area contributed by atoms with Crippen LogP contribution in [0.15, 0.2) is 29.0 Å². The van der Waals surface area contributed by atoms with Gasteiger partial charge in [0.1, 0.15) is 11.7 Å². The summed E-state index contributed by atoms with van der Waals surface area (Å²) in [6, 6.07) is 5.34. The number of aromatic nitrogens is 1. The summed E-state index contributed by atoms with van der Waals surface area (Å²) >= 11 is 0. The van der Waals surface area contributed by atoms with E-state index in [0.717, 1.165) is 19.4 Å². The summed E-state index contributed by atoms with van der Waals surface area (Å²) in [4.78, 5) is 16.6. The van der Waals surface area contributed by atoms with E-state index >= 15 is 0 Å². The number of morpholine rings is 1. The number of hydrogen-bond donors (Lipinski definition) is 2. The molecule has 1 aromatic heterocycles. The molecule has 2 N–H and O–H groups in total. The highest BCUT2D eigenvalue weighted by Crippen LogP contribution is 2.34. The maximum atomic E-state index is 12.5. The van der Waals surface area contributed by atoms with E-state index in [4.69, 9.17) is 9.15 Å². The van der Waals surface area contributed by atoms with Crippen LogP contribution in [0.25, 0.3) is 11.1 Å². The molecule has 2 heterocycles. The topological polar surface area (TPSA) is 76.4 Å². The Kier molecular flexibility index (Phi) is 2.94. The van der Waals surface area contributed by atoms with Gasteiger partial charge in [-0.15, -0.1) is 0 Å². The van der Waals surface area contributed by atoms with Gasteiger partial charge in [-0.1, -0.05) is 6.07 Å². The Hall–Kier alpha value is -1.92. The summed E-state index contributed by atoms with van der Waals surface area (Å²) in [7, 11) is 0. The average molecular weight is 287 g/mol. The molecule has 1 atom stereocenters. The van der Waals surface area contributed by atoms with E-state index in [1.807, 2.05) is 0 Å². The molecule has 1 saturated carbocycles. The van der Waals surface area contributed by atoms with Crippen molar-refractivity contribution in [3.05, 3.63) is 30.2 Å². The van der Waals surface area contributed by atoms with Crippen molar-refractivity contribution >= 4 is 17.0 Å². The fourth-order valence-electron chi connectivity index (χ4n) is 3.10. The fourth-order valence-corrected chi connectivity index (χ4v) is 3.10. The number of hydrogen-bond acceptors (Lipinski definition) is 5. The summed E-state index contributed by atoms with van der Waals surface area (Å²) < 4.78 is 10.9. The van der Waals surface area contributed by atoms with Crippen molar-refractivity contribution in [1.82, 2.24) is 15.6 Å². The van der Waals surface area contributed by atoms with Gasteiger partial charge in [0.05, 0.1) is 18.8 Å². The minimum absolute atomic E-state index is 0.0656. The van der Waals surface area contributed by atoms with Crippen molar-refractivity contribution in [2.45, 2.75) is 31.0 Å². The Morgan fingerprint density at radius 2 is 2.33 bits per heavy atom. The quantitative estimate of drug-likeness (QED) is 0.873. The van der Waals surface area contributed by atoms with Gasteiger partial charge >= 0.3 is 0 Å². The molecule has 4 rings (SSSR count). The molecule has 2 aromatic rings. The van der Waals surface area contributed by atoms with Crippen LogP contribution in [-0.4, -0.2) is 35.8 Å². The average Bonchev–Trinajstić information content (AvgIpc) is 2.94. The summed E-state index contributed by atoms with van der Waals surface area (Å²) in [6.45, 7) is 1.22. The maximum absolute atomic E-state index is 12.5. The number of para-hydroxylation sites is 1. The molecule has 1 amide bonds. The van der Waals surface area contributed by atoms with Crippen molar-refractivity contribution < 1.29 is 13.9 Å². The third-order valence-electron chi connectivity index (χ3n) is 4.36. The number of carbonyl (C=O) groups is 1. The monoisotopic (exact) mass is 287 g/mol. The molecular weight excluding hydrogens is 270 g/mol. The van der Waals surface area contributed by atoms with Crippen LogP contribution in [-0.2, 0) is 4.74 Å². The molecule has 1 unspecified atom stereocenters. The van der Waals surface area contributed by atoms with Gasteiger partial charge in [-0.05, 0) is 31.4 Å². The number of rotatable bonds is 2. The van der Waals surface area contributed by atoms with Crippen LogP contribution in [0.5, 0.6) is 0 Å². The van der Waals surface area contributed by atoms with E-state index in [1.165, 1.54) is 12.8 Å². The molecular formula is C15H17N3O3.